The summed E-state index contributed by atoms with van der Waals surface area (Å²) in [6.07, 6.45) is 5.07. The van der Waals surface area contributed by atoms with Gasteiger partial charge in [0.2, 0.25) is 0 Å². The number of hydrogen-bond donors (Lipinski definition) is 1. The molecule has 4 aromatic carbocycles. The lowest BCUT2D eigenvalue weighted by molar-refractivity contribution is 0.282. The number of hydrogen-bond acceptors (Lipinski definition) is 5. The van der Waals surface area contributed by atoms with Crippen molar-refractivity contribution >= 4 is 32.5 Å². The molecule has 0 aliphatic heterocycles. The van der Waals surface area contributed by atoms with Crippen molar-refractivity contribution in [2.75, 3.05) is 12.5 Å². The first-order valence-corrected chi connectivity index (χ1v) is 15.8. The Hall–Kier alpha value is -3.45. The first-order chi connectivity index (χ1) is 18.6. The van der Waals surface area contributed by atoms with Crippen molar-refractivity contribution in [3.8, 4) is 33.4 Å². The van der Waals surface area contributed by atoms with Gasteiger partial charge in [0.15, 0.2) is 9.84 Å². The summed E-state index contributed by atoms with van der Waals surface area (Å²) >= 11 is 1.71. The molecule has 0 saturated carbocycles. The highest BCUT2D eigenvalue weighted by atomic mass is 32.2. The normalized spacial score (nSPS) is 12.1. The average molecular weight is 554 g/mol. The second-order valence-corrected chi connectivity index (χ2v) is 13.6. The lowest BCUT2D eigenvalue weighted by Gasteiger charge is -2.25. The fourth-order valence-electron chi connectivity index (χ4n) is 4.85. The van der Waals surface area contributed by atoms with Crippen LogP contribution in [0.15, 0.2) is 102 Å². The van der Waals surface area contributed by atoms with Crippen LogP contribution in [0.5, 0.6) is 0 Å². The summed E-state index contributed by atoms with van der Waals surface area (Å²) in [4.78, 5) is 5.88. The second-order valence-electron chi connectivity index (χ2n) is 10.2. The predicted octanol–water partition coefficient (Wildman–Crippen LogP) is 7.73. The third kappa shape index (κ3) is 5.12. The molecule has 0 unspecified atom stereocenters. The highest BCUT2D eigenvalue weighted by Crippen LogP contribution is 2.40. The van der Waals surface area contributed by atoms with Crippen LogP contribution in [-0.2, 0) is 21.2 Å². The molecule has 1 N–H and O–H groups in total. The molecule has 0 bridgehead atoms. The molecule has 198 valence electrons. The minimum absolute atomic E-state index is 0.151. The highest BCUT2D eigenvalue weighted by Gasteiger charge is 2.33. The van der Waals surface area contributed by atoms with Crippen molar-refractivity contribution in [2.45, 2.75) is 30.1 Å². The number of aromatic nitrogens is 1. The van der Waals surface area contributed by atoms with Crippen molar-refractivity contribution in [3.05, 3.63) is 108 Å². The maximum atomic E-state index is 12.8. The Morgan fingerprint density at radius 2 is 1.46 bits per heavy atom. The number of aliphatic hydroxyl groups is 1. The van der Waals surface area contributed by atoms with Crippen molar-refractivity contribution in [2.24, 2.45) is 0 Å². The number of sulfone groups is 1. The van der Waals surface area contributed by atoms with Gasteiger partial charge < -0.3 is 5.11 Å². The lowest BCUT2D eigenvalue weighted by atomic mass is 9.88. The molecule has 5 rings (SSSR count). The Balaban J connectivity index is 1.75. The van der Waals surface area contributed by atoms with E-state index in [1.807, 2.05) is 48.5 Å². The van der Waals surface area contributed by atoms with Gasteiger partial charge in [0.1, 0.15) is 0 Å². The first-order valence-electron chi connectivity index (χ1n) is 12.7. The minimum Gasteiger partial charge on any atom is -0.392 e. The molecule has 5 aromatic rings. The van der Waals surface area contributed by atoms with E-state index in [0.717, 1.165) is 49.8 Å². The number of rotatable bonds is 7. The van der Waals surface area contributed by atoms with E-state index in [0.29, 0.717) is 5.56 Å². The van der Waals surface area contributed by atoms with Crippen LogP contribution in [0.3, 0.4) is 0 Å². The smallest absolute Gasteiger partial charge is 0.156 e. The van der Waals surface area contributed by atoms with Gasteiger partial charge in [-0.15, -0.1) is 11.8 Å². The van der Waals surface area contributed by atoms with E-state index in [4.69, 9.17) is 0 Å². The molecule has 0 radical (unpaired) electrons. The van der Waals surface area contributed by atoms with E-state index in [9.17, 15) is 13.5 Å². The van der Waals surface area contributed by atoms with Gasteiger partial charge in [0.05, 0.1) is 16.9 Å². The molecule has 0 spiro atoms. The molecule has 6 heteroatoms. The summed E-state index contributed by atoms with van der Waals surface area (Å²) in [5.74, 6) is 0. The monoisotopic (exact) mass is 553 g/mol. The van der Waals surface area contributed by atoms with Gasteiger partial charge in [0, 0.05) is 28.3 Å². The fourth-order valence-corrected chi connectivity index (χ4v) is 5.80. The van der Waals surface area contributed by atoms with Crippen LogP contribution >= 0.6 is 11.8 Å². The Labute approximate surface area is 234 Å². The zero-order chi connectivity index (χ0) is 27.8. The van der Waals surface area contributed by atoms with E-state index >= 15 is 0 Å². The van der Waals surface area contributed by atoms with Gasteiger partial charge in [-0.1, -0.05) is 54.6 Å². The first kappa shape index (κ1) is 27.1. The van der Waals surface area contributed by atoms with Gasteiger partial charge in [0.25, 0.3) is 0 Å². The molecular weight excluding hydrogens is 523 g/mol. The number of aliphatic hydroxyl groups excluding tert-OH is 1. The SMILES string of the molecule is CSc1ccc(-c2ccccc2-c2ccc(CO)c(-c3cc(C(C)(C)S(C)(=O)=O)cc4cccnc34)c2)cc1. The third-order valence-corrected chi connectivity index (χ3v) is 10.4. The second kappa shape index (κ2) is 10.6. The number of benzene rings is 4. The summed E-state index contributed by atoms with van der Waals surface area (Å²) in [6.45, 7) is 3.30. The van der Waals surface area contributed by atoms with Crippen molar-refractivity contribution < 1.29 is 13.5 Å². The van der Waals surface area contributed by atoms with Crippen LogP contribution < -0.4 is 0 Å². The zero-order valence-corrected chi connectivity index (χ0v) is 24.1. The highest BCUT2D eigenvalue weighted by molar-refractivity contribution is 7.98. The third-order valence-electron chi connectivity index (χ3n) is 7.54. The van der Waals surface area contributed by atoms with Gasteiger partial charge in [-0.3, -0.25) is 4.98 Å². The Morgan fingerprint density at radius 1 is 0.795 bits per heavy atom. The van der Waals surface area contributed by atoms with E-state index in [1.165, 1.54) is 11.2 Å². The number of pyridine rings is 1. The summed E-state index contributed by atoms with van der Waals surface area (Å²) in [6, 6.07) is 30.5. The quantitative estimate of drug-likeness (QED) is 0.209. The standard InChI is InChI=1S/C33H31NO3S2/c1-33(2,39(4,36)37)26-18-24-8-7-17-34-32(24)31(20-26)30-19-23(11-12-25(30)21-35)29-10-6-5-9-28(29)22-13-15-27(38-3)16-14-22/h5-20,35H,21H2,1-4H3. The van der Waals surface area contributed by atoms with Gasteiger partial charge in [-0.25, -0.2) is 8.42 Å². The molecule has 0 aliphatic rings. The van der Waals surface area contributed by atoms with Crippen molar-refractivity contribution in [1.82, 2.24) is 4.98 Å². The summed E-state index contributed by atoms with van der Waals surface area (Å²) in [5.41, 5.74) is 8.14. The number of thioether (sulfide) groups is 1. The molecule has 39 heavy (non-hydrogen) atoms. The minimum atomic E-state index is -3.40. The van der Waals surface area contributed by atoms with Gasteiger partial charge in [-0.2, -0.15) is 0 Å². The summed E-state index contributed by atoms with van der Waals surface area (Å²) < 4.78 is 24.4. The topological polar surface area (TPSA) is 67.3 Å². The molecule has 1 heterocycles. The van der Waals surface area contributed by atoms with Crippen LogP contribution in [0.4, 0.5) is 0 Å². The van der Waals surface area contributed by atoms with Crippen molar-refractivity contribution in [1.29, 1.82) is 0 Å². The lowest BCUT2D eigenvalue weighted by Crippen LogP contribution is -2.28. The summed E-state index contributed by atoms with van der Waals surface area (Å²) in [7, 11) is -3.40. The molecule has 4 nitrogen and oxygen atoms in total. The number of fused-ring (bicyclic) bond motifs is 1. The molecule has 0 amide bonds. The average Bonchev–Trinajstić information content (AvgIpc) is 2.95. The Bertz CT molecular complexity index is 1780. The Morgan fingerprint density at radius 3 is 2.10 bits per heavy atom. The summed E-state index contributed by atoms with van der Waals surface area (Å²) in [5, 5.41) is 11.2. The molecular formula is C33H31NO3S2. The van der Waals surface area contributed by atoms with Crippen LogP contribution in [0.25, 0.3) is 44.3 Å². The zero-order valence-electron chi connectivity index (χ0n) is 22.5. The van der Waals surface area contributed by atoms with E-state index in [2.05, 4.69) is 53.7 Å². The maximum Gasteiger partial charge on any atom is 0.156 e. The number of nitrogens with zero attached hydrogens (tertiary/aromatic N) is 1. The van der Waals surface area contributed by atoms with Gasteiger partial charge >= 0.3 is 0 Å². The molecule has 1 aromatic heterocycles. The van der Waals surface area contributed by atoms with E-state index in [1.54, 1.807) is 31.8 Å². The van der Waals surface area contributed by atoms with Gasteiger partial charge in [-0.05, 0) is 95.4 Å². The molecule has 0 fully saturated rings. The van der Waals surface area contributed by atoms with E-state index < -0.39 is 14.6 Å². The van der Waals surface area contributed by atoms with E-state index in [-0.39, 0.29) is 6.61 Å². The largest absolute Gasteiger partial charge is 0.392 e. The fraction of sp³-hybridized carbons (Fsp3) is 0.182. The van der Waals surface area contributed by atoms with Crippen LogP contribution in [-0.4, -0.2) is 31.0 Å². The van der Waals surface area contributed by atoms with Crippen molar-refractivity contribution in [3.63, 3.8) is 0 Å². The Kier molecular flexibility index (Phi) is 7.38. The predicted molar refractivity (Wildman–Crippen MR) is 164 cm³/mol. The molecule has 0 atom stereocenters. The van der Waals surface area contributed by atoms with Crippen LogP contribution in [0, 0.1) is 0 Å². The maximum absolute atomic E-state index is 12.8. The van der Waals surface area contributed by atoms with Crippen LogP contribution in [0.1, 0.15) is 25.0 Å². The molecule has 0 aliphatic carbocycles. The molecule has 0 saturated heterocycles. The van der Waals surface area contributed by atoms with Crippen LogP contribution in [0.2, 0.25) is 0 Å².